The molecule has 0 aromatic heterocycles. The first-order valence-electron chi connectivity index (χ1n) is 15.7. The molecule has 5 rings (SSSR count). The van der Waals surface area contributed by atoms with Gasteiger partial charge in [0.1, 0.15) is 0 Å². The lowest BCUT2D eigenvalue weighted by molar-refractivity contribution is -0.203. The Bertz CT molecular complexity index is 1000. The van der Waals surface area contributed by atoms with Gasteiger partial charge in [0.05, 0.1) is 12.2 Å². The SMILES string of the molecule is CC[C@H]1[C@@H](O)[C@@H]2[C@H](CC[C@]3(C)[C@@H]([C@@H](C)CC(=O)NS(=O)(=O)NC4CCOCC4)CC[C@@H]23)[C@@]2(C)CC[C@@H](O)C[C@@H]12. The molecule has 4 aliphatic carbocycles. The van der Waals surface area contributed by atoms with Gasteiger partial charge in [-0.15, -0.1) is 0 Å². The van der Waals surface area contributed by atoms with Crippen LogP contribution in [0.4, 0.5) is 0 Å². The molecule has 5 fully saturated rings. The third kappa shape index (κ3) is 5.44. The van der Waals surface area contributed by atoms with E-state index < -0.39 is 16.1 Å². The molecule has 39 heavy (non-hydrogen) atoms. The molecule has 0 aromatic rings. The van der Waals surface area contributed by atoms with E-state index in [4.69, 9.17) is 4.74 Å². The molecule has 0 spiro atoms. The minimum Gasteiger partial charge on any atom is -0.393 e. The van der Waals surface area contributed by atoms with Crippen LogP contribution in [0.1, 0.15) is 98.3 Å². The van der Waals surface area contributed by atoms with Crippen LogP contribution in [0.5, 0.6) is 0 Å². The predicted molar refractivity (Wildman–Crippen MR) is 150 cm³/mol. The maximum absolute atomic E-state index is 12.9. The normalized spacial score (nSPS) is 45.6. The quantitative estimate of drug-likeness (QED) is 0.371. The summed E-state index contributed by atoms with van der Waals surface area (Å²) in [6, 6.07) is -0.200. The van der Waals surface area contributed by atoms with Crippen molar-refractivity contribution in [2.24, 2.45) is 52.3 Å². The number of hydrogen-bond acceptors (Lipinski definition) is 6. The molecule has 0 aromatic carbocycles. The molecule has 0 radical (unpaired) electrons. The first kappa shape index (κ1) is 29.7. The fourth-order valence-electron chi connectivity index (χ4n) is 10.6. The Kier molecular flexibility index (Phi) is 8.51. The van der Waals surface area contributed by atoms with E-state index in [2.05, 4.69) is 37.1 Å². The second-order valence-corrected chi connectivity index (χ2v) is 15.8. The van der Waals surface area contributed by atoms with Crippen molar-refractivity contribution in [3.8, 4) is 0 Å². The summed E-state index contributed by atoms with van der Waals surface area (Å²) in [5, 5.41) is 22.4. The molecular formula is C30H52N2O6S. The number of rotatable bonds is 7. The van der Waals surface area contributed by atoms with Gasteiger partial charge < -0.3 is 14.9 Å². The number of nitrogens with one attached hydrogen (secondary N) is 2. The zero-order valence-corrected chi connectivity index (χ0v) is 25.2. The topological polar surface area (TPSA) is 125 Å². The van der Waals surface area contributed by atoms with Crippen molar-refractivity contribution >= 4 is 16.1 Å². The zero-order chi connectivity index (χ0) is 28.2. The molecule has 5 aliphatic rings. The Morgan fingerprint density at radius 2 is 1.64 bits per heavy atom. The molecule has 1 saturated heterocycles. The van der Waals surface area contributed by atoms with Gasteiger partial charge in [0.2, 0.25) is 5.91 Å². The molecule has 224 valence electrons. The lowest BCUT2D eigenvalue weighted by Crippen LogP contribution is -2.62. The van der Waals surface area contributed by atoms with Crippen LogP contribution >= 0.6 is 0 Å². The van der Waals surface area contributed by atoms with Gasteiger partial charge in [0.15, 0.2) is 0 Å². The summed E-state index contributed by atoms with van der Waals surface area (Å²) in [5.41, 5.74) is 0.206. The van der Waals surface area contributed by atoms with E-state index in [1.165, 1.54) is 0 Å². The van der Waals surface area contributed by atoms with E-state index in [9.17, 15) is 23.4 Å². The second kappa shape index (κ2) is 11.2. The van der Waals surface area contributed by atoms with Gasteiger partial charge in [-0.2, -0.15) is 13.1 Å². The summed E-state index contributed by atoms with van der Waals surface area (Å²) in [6.45, 7) is 10.2. The van der Waals surface area contributed by atoms with Crippen molar-refractivity contribution in [3.05, 3.63) is 0 Å². The lowest BCUT2D eigenvalue weighted by atomic mass is 9.41. The van der Waals surface area contributed by atoms with Gasteiger partial charge in [-0.25, -0.2) is 4.72 Å². The molecule has 1 amide bonds. The molecule has 9 heteroatoms. The standard InChI is InChI=1S/C30H52N2O6S/c1-5-21-25-17-20(33)8-12-30(25,4)24-9-13-29(3)22(6-7-23(29)27(24)28(21)35)18(2)16-26(34)32-39(36,37)31-19-10-14-38-15-11-19/h18-25,27-28,31,33,35H,5-17H2,1-4H3,(H,32,34)/t18-,20+,21+,22+,23-,24-,25-,27-,28+,29+,30+/m0/s1. The second-order valence-electron chi connectivity index (χ2n) is 14.3. The van der Waals surface area contributed by atoms with Crippen LogP contribution in [0, 0.1) is 52.3 Å². The number of hydrogen-bond donors (Lipinski definition) is 4. The minimum absolute atomic E-state index is 0.0384. The predicted octanol–water partition coefficient (Wildman–Crippen LogP) is 3.77. The number of aliphatic hydroxyl groups excluding tert-OH is 2. The van der Waals surface area contributed by atoms with Crippen LogP contribution in [0.15, 0.2) is 0 Å². The average Bonchev–Trinajstić information content (AvgIpc) is 3.22. The summed E-state index contributed by atoms with van der Waals surface area (Å²) >= 11 is 0. The van der Waals surface area contributed by atoms with E-state index in [-0.39, 0.29) is 53.3 Å². The smallest absolute Gasteiger partial charge is 0.301 e. The highest BCUT2D eigenvalue weighted by atomic mass is 32.2. The van der Waals surface area contributed by atoms with Crippen molar-refractivity contribution in [3.63, 3.8) is 0 Å². The third-order valence-corrected chi connectivity index (χ3v) is 13.6. The minimum atomic E-state index is -3.90. The van der Waals surface area contributed by atoms with Crippen LogP contribution in [0.3, 0.4) is 0 Å². The summed E-state index contributed by atoms with van der Waals surface area (Å²) in [4.78, 5) is 12.9. The lowest BCUT2D eigenvalue weighted by Gasteiger charge is -2.64. The van der Waals surface area contributed by atoms with Crippen LogP contribution in [-0.4, -0.2) is 56.0 Å². The van der Waals surface area contributed by atoms with E-state index in [0.29, 0.717) is 49.7 Å². The zero-order valence-electron chi connectivity index (χ0n) is 24.4. The summed E-state index contributed by atoms with van der Waals surface area (Å²) < 4.78 is 35.4. The summed E-state index contributed by atoms with van der Waals surface area (Å²) in [7, 11) is -3.90. The third-order valence-electron chi connectivity index (χ3n) is 12.4. The van der Waals surface area contributed by atoms with Crippen molar-refractivity contribution < 1.29 is 28.2 Å². The van der Waals surface area contributed by atoms with Crippen molar-refractivity contribution in [2.75, 3.05) is 13.2 Å². The van der Waals surface area contributed by atoms with E-state index >= 15 is 0 Å². The van der Waals surface area contributed by atoms with Gasteiger partial charge in [-0.3, -0.25) is 4.79 Å². The maximum atomic E-state index is 12.9. The van der Waals surface area contributed by atoms with Gasteiger partial charge in [0.25, 0.3) is 0 Å². The van der Waals surface area contributed by atoms with Gasteiger partial charge in [0, 0.05) is 25.7 Å². The Morgan fingerprint density at radius 3 is 2.33 bits per heavy atom. The van der Waals surface area contributed by atoms with Crippen molar-refractivity contribution in [2.45, 2.75) is 117 Å². The van der Waals surface area contributed by atoms with Gasteiger partial charge in [-0.05, 0) is 110 Å². The van der Waals surface area contributed by atoms with E-state index in [1.807, 2.05) is 0 Å². The Balaban J connectivity index is 1.27. The molecule has 1 heterocycles. The first-order valence-corrected chi connectivity index (χ1v) is 17.1. The van der Waals surface area contributed by atoms with Gasteiger partial charge >= 0.3 is 10.2 Å². The molecular weight excluding hydrogens is 516 g/mol. The highest BCUT2D eigenvalue weighted by molar-refractivity contribution is 7.88. The largest absolute Gasteiger partial charge is 0.393 e. The number of carbonyl (C=O) groups excluding carboxylic acids is 1. The first-order chi connectivity index (χ1) is 18.4. The number of fused-ring (bicyclic) bond motifs is 5. The van der Waals surface area contributed by atoms with Crippen LogP contribution < -0.4 is 9.44 Å². The van der Waals surface area contributed by atoms with E-state index in [0.717, 1.165) is 51.4 Å². The number of ether oxygens (including phenoxy) is 1. The highest BCUT2D eigenvalue weighted by Crippen LogP contribution is 2.69. The van der Waals surface area contributed by atoms with Crippen LogP contribution in [0.2, 0.25) is 0 Å². The molecule has 11 atom stereocenters. The fourth-order valence-corrected chi connectivity index (χ4v) is 11.7. The van der Waals surface area contributed by atoms with E-state index in [1.54, 1.807) is 0 Å². The van der Waals surface area contributed by atoms with Gasteiger partial charge in [-0.1, -0.05) is 34.1 Å². The molecule has 0 unspecified atom stereocenters. The molecule has 0 bridgehead atoms. The number of amides is 1. The highest BCUT2D eigenvalue weighted by Gasteiger charge is 2.64. The Morgan fingerprint density at radius 1 is 0.974 bits per heavy atom. The Hall–Kier alpha value is -0.740. The molecule has 8 nitrogen and oxygen atoms in total. The molecule has 4 N–H and O–H groups in total. The molecule has 4 saturated carbocycles. The fraction of sp³-hybridized carbons (Fsp3) is 0.967. The maximum Gasteiger partial charge on any atom is 0.301 e. The Labute approximate surface area is 235 Å². The van der Waals surface area contributed by atoms with Crippen LogP contribution in [-0.2, 0) is 19.7 Å². The van der Waals surface area contributed by atoms with Crippen molar-refractivity contribution in [1.82, 2.24) is 9.44 Å². The monoisotopic (exact) mass is 568 g/mol. The average molecular weight is 569 g/mol. The van der Waals surface area contributed by atoms with Crippen LogP contribution in [0.25, 0.3) is 0 Å². The summed E-state index contributed by atoms with van der Waals surface area (Å²) in [6.07, 6.45) is 8.77. The number of carbonyl (C=O) groups is 1. The molecule has 1 aliphatic heterocycles. The van der Waals surface area contributed by atoms with Crippen molar-refractivity contribution in [1.29, 1.82) is 0 Å². The number of aliphatic hydroxyl groups is 2. The summed E-state index contributed by atoms with van der Waals surface area (Å²) in [5.74, 6) is 1.71.